The topological polar surface area (TPSA) is 56.0 Å². The molecule has 0 rings (SSSR count). The zero-order valence-electron chi connectivity index (χ0n) is 6.09. The van der Waals surface area contributed by atoms with E-state index in [1.807, 2.05) is 0 Å². The van der Waals surface area contributed by atoms with Crippen molar-refractivity contribution in [2.45, 2.75) is 25.5 Å². The molecule has 0 saturated heterocycles. The van der Waals surface area contributed by atoms with E-state index in [2.05, 4.69) is 5.32 Å². The minimum Gasteiger partial charge on any atom is -0.386 e. The van der Waals surface area contributed by atoms with Crippen molar-refractivity contribution in [2.75, 3.05) is 6.54 Å². The van der Waals surface area contributed by atoms with Gasteiger partial charge in [-0.25, -0.2) is 8.78 Å². The Balaban J connectivity index is 3.47. The number of rotatable bonds is 4. The number of aliphatic hydroxyl groups is 1. The first-order valence-corrected chi connectivity index (χ1v) is 3.17. The van der Waals surface area contributed by atoms with Crippen molar-refractivity contribution >= 4 is 0 Å². The summed E-state index contributed by atoms with van der Waals surface area (Å²) >= 11 is 0. The molecule has 0 radical (unpaired) electrons. The summed E-state index contributed by atoms with van der Waals surface area (Å²) in [6.45, 7) is 1.27. The number of nitrogens with one attached hydrogen (secondary N) is 1. The SMILES string of the molecule is CC(C#N)NCC(O)C(F)F. The average molecular weight is 164 g/mol. The molecule has 0 aliphatic carbocycles. The van der Waals surface area contributed by atoms with Gasteiger partial charge in [-0.1, -0.05) is 0 Å². The Bertz CT molecular complexity index is 146. The molecule has 0 aliphatic rings. The predicted octanol–water partition coefficient (Wildman–Crippen LogP) is 0.114. The minimum atomic E-state index is -2.76. The maximum atomic E-state index is 11.6. The molecule has 0 fully saturated rings. The Hall–Kier alpha value is -0.730. The fourth-order valence-electron chi connectivity index (χ4n) is 0.432. The lowest BCUT2D eigenvalue weighted by Gasteiger charge is -2.10. The zero-order chi connectivity index (χ0) is 8.85. The van der Waals surface area contributed by atoms with Crippen LogP contribution in [0.25, 0.3) is 0 Å². The van der Waals surface area contributed by atoms with Crippen molar-refractivity contribution in [1.82, 2.24) is 5.32 Å². The van der Waals surface area contributed by atoms with Crippen molar-refractivity contribution in [3.05, 3.63) is 0 Å². The minimum absolute atomic E-state index is 0.258. The van der Waals surface area contributed by atoms with Gasteiger partial charge in [0.05, 0.1) is 12.1 Å². The van der Waals surface area contributed by atoms with Gasteiger partial charge in [0.1, 0.15) is 6.10 Å². The molecule has 0 aromatic carbocycles. The molecule has 3 nitrogen and oxygen atoms in total. The van der Waals surface area contributed by atoms with E-state index in [1.165, 1.54) is 6.92 Å². The van der Waals surface area contributed by atoms with Gasteiger partial charge in [0.25, 0.3) is 6.43 Å². The largest absolute Gasteiger partial charge is 0.386 e. The quantitative estimate of drug-likeness (QED) is 0.620. The summed E-state index contributed by atoms with van der Waals surface area (Å²) in [6.07, 6.45) is -4.45. The van der Waals surface area contributed by atoms with Gasteiger partial charge in [-0.05, 0) is 6.92 Å². The number of nitriles is 1. The van der Waals surface area contributed by atoms with Crippen molar-refractivity contribution in [2.24, 2.45) is 0 Å². The van der Waals surface area contributed by atoms with Crippen LogP contribution in [0.1, 0.15) is 6.92 Å². The second-order valence-corrected chi connectivity index (χ2v) is 2.16. The van der Waals surface area contributed by atoms with E-state index in [-0.39, 0.29) is 6.54 Å². The van der Waals surface area contributed by atoms with Crippen LogP contribution in [0, 0.1) is 11.3 Å². The van der Waals surface area contributed by atoms with Gasteiger partial charge >= 0.3 is 0 Å². The summed E-state index contributed by atoms with van der Waals surface area (Å²) in [4.78, 5) is 0. The van der Waals surface area contributed by atoms with Crippen molar-refractivity contribution in [1.29, 1.82) is 5.26 Å². The lowest BCUT2D eigenvalue weighted by Crippen LogP contribution is -2.36. The Morgan fingerprint density at radius 3 is 2.55 bits per heavy atom. The van der Waals surface area contributed by atoms with E-state index in [0.717, 1.165) is 0 Å². The molecule has 0 aromatic rings. The highest BCUT2D eigenvalue weighted by atomic mass is 19.3. The molecule has 0 saturated carbocycles. The van der Waals surface area contributed by atoms with E-state index in [4.69, 9.17) is 10.4 Å². The van der Waals surface area contributed by atoms with Crippen molar-refractivity contribution in [3.8, 4) is 6.07 Å². The van der Waals surface area contributed by atoms with Crippen molar-refractivity contribution in [3.63, 3.8) is 0 Å². The third-order valence-electron chi connectivity index (χ3n) is 1.12. The third kappa shape index (κ3) is 4.65. The Morgan fingerprint density at radius 1 is 1.64 bits per heavy atom. The standard InChI is InChI=1S/C6H10F2N2O/c1-4(2-9)10-3-5(11)6(7)8/h4-6,10-11H,3H2,1H3. The summed E-state index contributed by atoms with van der Waals surface area (Å²) in [5, 5.41) is 19.2. The van der Waals surface area contributed by atoms with Crippen LogP contribution in [-0.2, 0) is 0 Å². The van der Waals surface area contributed by atoms with E-state index in [0.29, 0.717) is 0 Å². The molecule has 11 heavy (non-hydrogen) atoms. The second kappa shape index (κ2) is 4.99. The molecular weight excluding hydrogens is 154 g/mol. The van der Waals surface area contributed by atoms with Crippen molar-refractivity contribution < 1.29 is 13.9 Å². The molecule has 0 aliphatic heterocycles. The van der Waals surface area contributed by atoms with Crippen LogP contribution in [-0.4, -0.2) is 30.2 Å². The zero-order valence-corrected chi connectivity index (χ0v) is 6.09. The lowest BCUT2D eigenvalue weighted by atomic mass is 10.3. The Morgan fingerprint density at radius 2 is 2.18 bits per heavy atom. The van der Waals surface area contributed by atoms with Crippen LogP contribution >= 0.6 is 0 Å². The predicted molar refractivity (Wildman–Crippen MR) is 35.1 cm³/mol. The van der Waals surface area contributed by atoms with Gasteiger partial charge in [0.15, 0.2) is 0 Å². The van der Waals surface area contributed by atoms with Gasteiger partial charge in [0.2, 0.25) is 0 Å². The molecule has 0 bridgehead atoms. The average Bonchev–Trinajstić information content (AvgIpc) is 1.99. The fourth-order valence-corrected chi connectivity index (χ4v) is 0.432. The molecule has 5 heteroatoms. The molecular formula is C6H10F2N2O. The summed E-state index contributed by atoms with van der Waals surface area (Å²) in [7, 11) is 0. The van der Waals surface area contributed by atoms with E-state index >= 15 is 0 Å². The van der Waals surface area contributed by atoms with Gasteiger partial charge in [-0.3, -0.25) is 5.32 Å². The Kier molecular flexibility index (Phi) is 4.66. The second-order valence-electron chi connectivity index (χ2n) is 2.16. The monoisotopic (exact) mass is 164 g/mol. The normalized spacial score (nSPS) is 16.0. The number of hydrogen-bond acceptors (Lipinski definition) is 3. The third-order valence-corrected chi connectivity index (χ3v) is 1.12. The summed E-state index contributed by atoms with van der Waals surface area (Å²) in [5.74, 6) is 0. The molecule has 64 valence electrons. The van der Waals surface area contributed by atoms with Gasteiger partial charge in [-0.2, -0.15) is 5.26 Å². The van der Waals surface area contributed by atoms with E-state index in [1.54, 1.807) is 6.07 Å². The maximum absolute atomic E-state index is 11.6. The molecule has 2 atom stereocenters. The fraction of sp³-hybridized carbons (Fsp3) is 0.833. The first-order chi connectivity index (χ1) is 5.07. The van der Waals surface area contributed by atoms with Gasteiger partial charge < -0.3 is 5.11 Å². The highest BCUT2D eigenvalue weighted by Gasteiger charge is 2.16. The van der Waals surface area contributed by atoms with Crippen LogP contribution < -0.4 is 5.32 Å². The first-order valence-electron chi connectivity index (χ1n) is 3.17. The van der Waals surface area contributed by atoms with Gasteiger partial charge in [-0.15, -0.1) is 0 Å². The molecule has 0 aromatic heterocycles. The molecule has 0 heterocycles. The summed E-state index contributed by atoms with van der Waals surface area (Å²) < 4.78 is 23.2. The molecule has 2 unspecified atom stereocenters. The highest BCUT2D eigenvalue weighted by Crippen LogP contribution is 1.98. The van der Waals surface area contributed by atoms with E-state index in [9.17, 15) is 8.78 Å². The van der Waals surface area contributed by atoms with Gasteiger partial charge in [0, 0.05) is 6.54 Å². The summed E-state index contributed by atoms with van der Waals surface area (Å²) in [6, 6.07) is 1.28. The highest BCUT2D eigenvalue weighted by molar-refractivity contribution is 4.85. The number of halogens is 2. The number of nitrogens with zero attached hydrogens (tertiary/aromatic N) is 1. The summed E-state index contributed by atoms with van der Waals surface area (Å²) in [5.41, 5.74) is 0. The number of hydrogen-bond donors (Lipinski definition) is 2. The van der Waals surface area contributed by atoms with E-state index < -0.39 is 18.6 Å². The molecule has 2 N–H and O–H groups in total. The molecule has 0 spiro atoms. The van der Waals surface area contributed by atoms with Crippen LogP contribution in [0.4, 0.5) is 8.78 Å². The first kappa shape index (κ1) is 10.3. The number of alkyl halides is 2. The van der Waals surface area contributed by atoms with Crippen LogP contribution in [0.5, 0.6) is 0 Å². The Labute approximate surface area is 63.6 Å². The molecule has 0 amide bonds. The van der Waals surface area contributed by atoms with Crippen LogP contribution in [0.3, 0.4) is 0 Å². The maximum Gasteiger partial charge on any atom is 0.265 e. The lowest BCUT2D eigenvalue weighted by molar-refractivity contribution is -0.00368. The number of aliphatic hydroxyl groups excluding tert-OH is 1. The van der Waals surface area contributed by atoms with Crippen LogP contribution in [0.2, 0.25) is 0 Å². The smallest absolute Gasteiger partial charge is 0.265 e. The van der Waals surface area contributed by atoms with Crippen LogP contribution in [0.15, 0.2) is 0 Å².